The van der Waals surface area contributed by atoms with Gasteiger partial charge in [0.15, 0.2) is 0 Å². The van der Waals surface area contributed by atoms with Gasteiger partial charge in [0.2, 0.25) is 6.41 Å². The molecule has 172 valence electrons. The first-order valence-corrected chi connectivity index (χ1v) is 10.9. The summed E-state index contributed by atoms with van der Waals surface area (Å²) in [5, 5.41) is 5.98. The van der Waals surface area contributed by atoms with E-state index in [4.69, 9.17) is 9.47 Å². The fraction of sp³-hybridized carbons (Fsp3) is 0.417. The number of morpholine rings is 1. The molecule has 1 heterocycles. The second kappa shape index (κ2) is 12.1. The van der Waals surface area contributed by atoms with Crippen molar-refractivity contribution in [3.63, 3.8) is 0 Å². The van der Waals surface area contributed by atoms with E-state index in [1.165, 1.54) is 0 Å². The summed E-state index contributed by atoms with van der Waals surface area (Å²) in [6.07, 6.45) is 0.730. The first kappa shape index (κ1) is 23.6. The summed E-state index contributed by atoms with van der Waals surface area (Å²) < 4.78 is 11.3. The van der Waals surface area contributed by atoms with E-state index >= 15 is 0 Å². The highest BCUT2D eigenvalue weighted by Crippen LogP contribution is 2.33. The molecule has 1 atom stereocenters. The van der Waals surface area contributed by atoms with Crippen LogP contribution in [-0.2, 0) is 9.53 Å². The highest BCUT2D eigenvalue weighted by atomic mass is 16.5. The minimum Gasteiger partial charge on any atom is -0.492 e. The molecule has 8 nitrogen and oxygen atoms in total. The van der Waals surface area contributed by atoms with Gasteiger partial charge in [-0.05, 0) is 42.6 Å². The number of carbonyl (C=O) groups excluding carboxylic acids is 1. The normalized spacial score (nSPS) is 14.9. The predicted octanol–water partition coefficient (Wildman–Crippen LogP) is 2.69. The molecule has 1 saturated heterocycles. The maximum absolute atomic E-state index is 11.0. The zero-order valence-corrected chi connectivity index (χ0v) is 18.9. The third-order valence-corrected chi connectivity index (χ3v) is 5.73. The van der Waals surface area contributed by atoms with Gasteiger partial charge in [-0.2, -0.15) is 0 Å². The fourth-order valence-electron chi connectivity index (χ4n) is 3.80. The summed E-state index contributed by atoms with van der Waals surface area (Å²) in [5.41, 5.74) is 3.78. The number of nitrogens with zero attached hydrogens (tertiary/aromatic N) is 3. The second-order valence-electron chi connectivity index (χ2n) is 7.63. The van der Waals surface area contributed by atoms with Gasteiger partial charge in [0.05, 0.1) is 30.6 Å². The molecule has 1 aliphatic rings. The molecule has 32 heavy (non-hydrogen) atoms. The van der Waals surface area contributed by atoms with Crippen LogP contribution in [0, 0.1) is 0 Å². The van der Waals surface area contributed by atoms with Crippen LogP contribution < -0.4 is 20.3 Å². The molecule has 0 radical (unpaired) electrons. The number of likely N-dealkylation sites (N-methyl/N-ethyl adjacent to an activating group) is 1. The lowest BCUT2D eigenvalue weighted by Gasteiger charge is -2.31. The second-order valence-corrected chi connectivity index (χ2v) is 7.63. The Morgan fingerprint density at radius 1 is 1.25 bits per heavy atom. The third kappa shape index (κ3) is 6.21. The smallest absolute Gasteiger partial charge is 0.207 e. The van der Waals surface area contributed by atoms with Gasteiger partial charge in [0.1, 0.15) is 12.4 Å². The predicted molar refractivity (Wildman–Crippen MR) is 130 cm³/mol. The number of carbonyl (C=O) groups is 1. The van der Waals surface area contributed by atoms with Gasteiger partial charge in [0, 0.05) is 46.0 Å². The van der Waals surface area contributed by atoms with Crippen molar-refractivity contribution >= 4 is 30.2 Å². The Morgan fingerprint density at radius 3 is 2.66 bits per heavy atom. The van der Waals surface area contributed by atoms with Gasteiger partial charge in [-0.3, -0.25) is 14.7 Å². The summed E-state index contributed by atoms with van der Waals surface area (Å²) in [7, 11) is 3.87. The largest absolute Gasteiger partial charge is 0.492 e. The molecule has 0 bridgehead atoms. The van der Waals surface area contributed by atoms with Crippen molar-refractivity contribution in [3.8, 4) is 5.75 Å². The Hall–Kier alpha value is -3.10. The Bertz CT molecular complexity index is 868. The molecule has 1 amide bonds. The van der Waals surface area contributed by atoms with Crippen molar-refractivity contribution in [1.29, 1.82) is 0 Å². The topological polar surface area (TPSA) is 78.4 Å². The number of ether oxygens (including phenoxy) is 2. The summed E-state index contributed by atoms with van der Waals surface area (Å²) in [4.78, 5) is 19.5. The van der Waals surface area contributed by atoms with Crippen LogP contribution in [0.1, 0.15) is 11.6 Å². The molecular weight excluding hydrogens is 406 g/mol. The van der Waals surface area contributed by atoms with Crippen molar-refractivity contribution in [3.05, 3.63) is 48.0 Å². The van der Waals surface area contributed by atoms with E-state index in [1.807, 2.05) is 44.4 Å². The monoisotopic (exact) mass is 439 g/mol. The third-order valence-electron chi connectivity index (χ3n) is 5.73. The van der Waals surface area contributed by atoms with Gasteiger partial charge in [-0.15, -0.1) is 0 Å². The summed E-state index contributed by atoms with van der Waals surface area (Å²) >= 11 is 0. The van der Waals surface area contributed by atoms with E-state index in [0.29, 0.717) is 13.2 Å². The Kier molecular flexibility index (Phi) is 8.89. The van der Waals surface area contributed by atoms with Crippen molar-refractivity contribution in [2.45, 2.75) is 6.04 Å². The summed E-state index contributed by atoms with van der Waals surface area (Å²) in [6, 6.07) is 14.0. The fourth-order valence-corrected chi connectivity index (χ4v) is 3.80. The number of hydrogen-bond donors (Lipinski definition) is 2. The van der Waals surface area contributed by atoms with Crippen molar-refractivity contribution in [2.24, 2.45) is 4.99 Å². The molecule has 0 spiro atoms. The first-order valence-electron chi connectivity index (χ1n) is 10.9. The zero-order chi connectivity index (χ0) is 22.8. The summed E-state index contributed by atoms with van der Waals surface area (Å²) in [6.45, 7) is 9.14. The lowest BCUT2D eigenvalue weighted by molar-refractivity contribution is -0.109. The lowest BCUT2D eigenvalue weighted by atomic mass is 10.0. The highest BCUT2D eigenvalue weighted by Gasteiger charge is 2.19. The lowest BCUT2D eigenvalue weighted by Crippen LogP contribution is -2.38. The maximum atomic E-state index is 11.0. The molecule has 8 heteroatoms. The number of amides is 1. The Labute approximate surface area is 190 Å². The minimum atomic E-state index is -0.0464. The van der Waals surface area contributed by atoms with Crippen LogP contribution in [0.5, 0.6) is 5.75 Å². The average Bonchev–Trinajstić information content (AvgIpc) is 2.85. The van der Waals surface area contributed by atoms with Crippen LogP contribution in [0.25, 0.3) is 0 Å². The van der Waals surface area contributed by atoms with Crippen LogP contribution in [0.2, 0.25) is 0 Å². The highest BCUT2D eigenvalue weighted by molar-refractivity contribution is 5.73. The molecule has 2 N–H and O–H groups in total. The molecule has 0 saturated carbocycles. The Morgan fingerprint density at radius 2 is 2.00 bits per heavy atom. The van der Waals surface area contributed by atoms with Crippen LogP contribution in [-0.4, -0.2) is 78.1 Å². The summed E-state index contributed by atoms with van der Waals surface area (Å²) in [5.74, 6) is 0.839. The van der Waals surface area contributed by atoms with Crippen LogP contribution in [0.3, 0.4) is 0 Å². The number of benzene rings is 2. The van der Waals surface area contributed by atoms with E-state index in [2.05, 4.69) is 44.3 Å². The number of hydrogen-bond acceptors (Lipinski definition) is 7. The van der Waals surface area contributed by atoms with E-state index in [1.54, 1.807) is 0 Å². The first-order chi connectivity index (χ1) is 15.7. The van der Waals surface area contributed by atoms with Crippen LogP contribution in [0.15, 0.2) is 47.5 Å². The maximum Gasteiger partial charge on any atom is 0.207 e. The quantitative estimate of drug-likeness (QED) is 0.391. The van der Waals surface area contributed by atoms with Crippen LogP contribution in [0.4, 0.5) is 17.1 Å². The average molecular weight is 440 g/mol. The molecule has 1 unspecified atom stereocenters. The molecule has 1 fully saturated rings. The van der Waals surface area contributed by atoms with E-state index in [9.17, 15) is 4.79 Å². The molecule has 2 aromatic carbocycles. The molecular formula is C24H33N5O3. The van der Waals surface area contributed by atoms with Crippen molar-refractivity contribution < 1.29 is 14.3 Å². The van der Waals surface area contributed by atoms with Gasteiger partial charge >= 0.3 is 0 Å². The van der Waals surface area contributed by atoms with E-state index in [0.717, 1.165) is 67.6 Å². The molecule has 3 rings (SSSR count). The van der Waals surface area contributed by atoms with E-state index < -0.39 is 0 Å². The van der Waals surface area contributed by atoms with Crippen molar-refractivity contribution in [2.75, 3.05) is 70.3 Å². The Balaban J connectivity index is 1.68. The van der Waals surface area contributed by atoms with Gasteiger partial charge in [-0.25, -0.2) is 0 Å². The molecule has 2 aromatic rings. The minimum absolute atomic E-state index is 0.0464. The van der Waals surface area contributed by atoms with Crippen LogP contribution >= 0.6 is 0 Å². The van der Waals surface area contributed by atoms with Gasteiger partial charge in [0.25, 0.3) is 0 Å². The van der Waals surface area contributed by atoms with Crippen molar-refractivity contribution in [1.82, 2.24) is 10.2 Å². The van der Waals surface area contributed by atoms with E-state index in [-0.39, 0.29) is 6.04 Å². The van der Waals surface area contributed by atoms with Gasteiger partial charge < -0.3 is 25.0 Å². The standard InChI is InChI=1S/C24H33N5O3/c1-25-22-9-6-20(16-23(22)26-2)28(3)24(17-27-18-30)19-4-7-21(8-5-19)32-15-12-29-10-13-31-14-11-29/h4-9,16,18,24,26H,1,10-15,17H2,2-3H3,(H,27,30). The SMILES string of the molecule is C=Nc1ccc(N(C)C(CNC=O)c2ccc(OCCN3CCOCC3)cc2)cc1NC. The molecule has 1 aliphatic heterocycles. The number of anilines is 2. The van der Waals surface area contributed by atoms with Gasteiger partial charge in [-0.1, -0.05) is 12.1 Å². The molecule has 0 aromatic heterocycles. The zero-order valence-electron chi connectivity index (χ0n) is 18.9. The molecule has 0 aliphatic carbocycles. The number of rotatable bonds is 12. The number of nitrogens with one attached hydrogen (secondary N) is 2. The number of aliphatic imine (C=N–C) groups is 1.